The molecule has 7 nitrogen and oxygen atoms in total. The van der Waals surface area contributed by atoms with E-state index >= 15 is 0 Å². The van der Waals surface area contributed by atoms with Crippen LogP contribution in [0.5, 0.6) is 5.75 Å². The van der Waals surface area contributed by atoms with Gasteiger partial charge in [-0.3, -0.25) is 9.52 Å². The van der Waals surface area contributed by atoms with Gasteiger partial charge in [-0.25, -0.2) is 13.4 Å². The van der Waals surface area contributed by atoms with Crippen molar-refractivity contribution in [3.63, 3.8) is 0 Å². The number of fused-ring (bicyclic) bond motifs is 2. The molecule has 178 valence electrons. The standard InChI is InChI=1S/C24H19N3O4S4/c1-14(28)25-13-15-10-11-22(32-15)35(30,31)27-19-12-21(23(29)17-7-3-2-6-16(17)19)34-24-26-18-8-4-5-9-20(18)33-24/h2-12,27,29H,13H2,1H3,(H,25,28). The van der Waals surface area contributed by atoms with Gasteiger partial charge in [-0.2, -0.15) is 0 Å². The van der Waals surface area contributed by atoms with Gasteiger partial charge in [-0.05, 0) is 30.3 Å². The molecule has 0 unspecified atom stereocenters. The Bertz CT molecular complexity index is 1640. The number of nitrogens with zero attached hydrogens (tertiary/aromatic N) is 1. The van der Waals surface area contributed by atoms with E-state index in [2.05, 4.69) is 15.0 Å². The number of rotatable bonds is 7. The predicted octanol–water partition coefficient (Wildman–Crippen LogP) is 5.80. The van der Waals surface area contributed by atoms with E-state index in [1.807, 2.05) is 24.3 Å². The number of thiophene rings is 1. The van der Waals surface area contributed by atoms with Crippen molar-refractivity contribution in [3.8, 4) is 5.75 Å². The highest BCUT2D eigenvalue weighted by Crippen LogP contribution is 2.44. The number of anilines is 1. The fourth-order valence-electron chi connectivity index (χ4n) is 3.49. The number of carbonyl (C=O) groups excluding carboxylic acids is 1. The van der Waals surface area contributed by atoms with E-state index in [4.69, 9.17) is 0 Å². The van der Waals surface area contributed by atoms with Crippen LogP contribution in [0.4, 0.5) is 5.69 Å². The zero-order chi connectivity index (χ0) is 24.6. The summed E-state index contributed by atoms with van der Waals surface area (Å²) >= 11 is 3.89. The van der Waals surface area contributed by atoms with Crippen LogP contribution in [0.1, 0.15) is 11.8 Å². The number of hydrogen-bond acceptors (Lipinski definition) is 8. The Morgan fingerprint density at radius 2 is 1.77 bits per heavy atom. The van der Waals surface area contributed by atoms with Crippen molar-refractivity contribution in [3.05, 3.63) is 71.6 Å². The molecule has 11 heteroatoms. The molecule has 0 fully saturated rings. The highest BCUT2D eigenvalue weighted by atomic mass is 32.2. The molecule has 2 heterocycles. The van der Waals surface area contributed by atoms with Gasteiger partial charge in [0.15, 0.2) is 4.34 Å². The first-order valence-electron chi connectivity index (χ1n) is 10.4. The third-order valence-electron chi connectivity index (χ3n) is 5.11. The Labute approximate surface area is 213 Å². The summed E-state index contributed by atoms with van der Waals surface area (Å²) in [6.07, 6.45) is 0. The van der Waals surface area contributed by atoms with Crippen molar-refractivity contribution in [2.45, 2.75) is 26.9 Å². The Kier molecular flexibility index (Phi) is 6.41. The largest absolute Gasteiger partial charge is 0.506 e. The number of benzene rings is 3. The number of phenols is 1. The zero-order valence-corrected chi connectivity index (χ0v) is 21.6. The third-order valence-corrected chi connectivity index (χ3v) is 10.2. The van der Waals surface area contributed by atoms with Crippen LogP contribution < -0.4 is 10.0 Å². The first kappa shape index (κ1) is 23.6. The lowest BCUT2D eigenvalue weighted by Gasteiger charge is -2.14. The maximum absolute atomic E-state index is 13.2. The fraction of sp³-hybridized carbons (Fsp3) is 0.0833. The predicted molar refractivity (Wildman–Crippen MR) is 142 cm³/mol. The van der Waals surface area contributed by atoms with Crippen molar-refractivity contribution >= 4 is 77.0 Å². The first-order chi connectivity index (χ1) is 16.8. The lowest BCUT2D eigenvalue weighted by atomic mass is 10.1. The van der Waals surface area contributed by atoms with Crippen molar-refractivity contribution in [2.75, 3.05) is 4.72 Å². The first-order valence-corrected chi connectivity index (χ1v) is 14.4. The van der Waals surface area contributed by atoms with E-state index in [0.717, 1.165) is 30.8 Å². The Balaban J connectivity index is 1.51. The summed E-state index contributed by atoms with van der Waals surface area (Å²) in [5.74, 6) is -0.115. The summed E-state index contributed by atoms with van der Waals surface area (Å²) < 4.78 is 31.0. The number of carbonyl (C=O) groups is 1. The van der Waals surface area contributed by atoms with Crippen molar-refractivity contribution in [1.29, 1.82) is 0 Å². The summed E-state index contributed by atoms with van der Waals surface area (Å²) in [6.45, 7) is 1.67. The average Bonchev–Trinajstić information content (AvgIpc) is 3.48. The van der Waals surface area contributed by atoms with Crippen LogP contribution >= 0.6 is 34.4 Å². The van der Waals surface area contributed by atoms with Crippen molar-refractivity contribution in [1.82, 2.24) is 10.3 Å². The molecule has 0 aliphatic carbocycles. The van der Waals surface area contributed by atoms with Crippen LogP contribution in [-0.2, 0) is 21.4 Å². The number of hydrogen-bond donors (Lipinski definition) is 3. The average molecular weight is 542 g/mol. The molecule has 0 aliphatic heterocycles. The normalized spacial score (nSPS) is 11.7. The molecule has 0 bridgehead atoms. The van der Waals surface area contributed by atoms with E-state index in [0.29, 0.717) is 21.4 Å². The monoisotopic (exact) mass is 541 g/mol. The van der Waals surface area contributed by atoms with Gasteiger partial charge in [0.2, 0.25) is 5.91 Å². The molecule has 5 aromatic rings. The van der Waals surface area contributed by atoms with Gasteiger partial charge in [-0.15, -0.1) is 22.7 Å². The number of phenolic OH excluding ortho intramolecular Hbond substituents is 1. The maximum Gasteiger partial charge on any atom is 0.271 e. The minimum atomic E-state index is -3.89. The summed E-state index contributed by atoms with van der Waals surface area (Å²) in [5.41, 5.74) is 1.23. The molecule has 0 radical (unpaired) electrons. The van der Waals surface area contributed by atoms with Crippen LogP contribution in [-0.4, -0.2) is 24.4 Å². The minimum Gasteiger partial charge on any atom is -0.506 e. The second kappa shape index (κ2) is 9.50. The van der Waals surface area contributed by atoms with Gasteiger partial charge in [-0.1, -0.05) is 48.2 Å². The van der Waals surface area contributed by atoms with Crippen LogP contribution in [0.3, 0.4) is 0 Å². The Hall–Kier alpha value is -3.12. The maximum atomic E-state index is 13.2. The molecule has 5 rings (SSSR count). The molecule has 3 aromatic carbocycles. The molecular weight excluding hydrogens is 523 g/mol. The van der Waals surface area contributed by atoms with Crippen molar-refractivity contribution < 1.29 is 18.3 Å². The molecule has 0 saturated carbocycles. The van der Waals surface area contributed by atoms with E-state index in [9.17, 15) is 18.3 Å². The number of aromatic nitrogens is 1. The van der Waals surface area contributed by atoms with E-state index in [1.54, 1.807) is 36.4 Å². The highest BCUT2D eigenvalue weighted by Gasteiger charge is 2.21. The summed E-state index contributed by atoms with van der Waals surface area (Å²) in [6, 6.07) is 19.7. The number of sulfonamides is 1. The summed E-state index contributed by atoms with van der Waals surface area (Å²) in [7, 11) is -3.89. The SMILES string of the molecule is CC(=O)NCc1ccc(S(=O)(=O)Nc2cc(Sc3nc4ccccc4s3)c(O)c3ccccc23)s1. The minimum absolute atomic E-state index is 0.0709. The molecule has 1 amide bonds. The topological polar surface area (TPSA) is 108 Å². The second-order valence-electron chi connectivity index (χ2n) is 7.60. The number of aromatic hydroxyl groups is 1. The molecule has 35 heavy (non-hydrogen) atoms. The second-order valence-corrected chi connectivity index (χ2v) is 13.0. The van der Waals surface area contributed by atoms with Crippen LogP contribution in [0.25, 0.3) is 21.0 Å². The van der Waals surface area contributed by atoms with E-state index in [-0.39, 0.29) is 22.4 Å². The fourth-order valence-corrected chi connectivity index (χ4v) is 7.97. The molecule has 2 aromatic heterocycles. The lowest BCUT2D eigenvalue weighted by Crippen LogP contribution is -2.18. The van der Waals surface area contributed by atoms with Gasteiger partial charge in [0, 0.05) is 22.6 Å². The van der Waals surface area contributed by atoms with Gasteiger partial charge < -0.3 is 10.4 Å². The molecule has 0 saturated heterocycles. The zero-order valence-electron chi connectivity index (χ0n) is 18.3. The number of nitrogens with one attached hydrogen (secondary N) is 2. The molecule has 0 spiro atoms. The van der Waals surface area contributed by atoms with E-state index < -0.39 is 10.0 Å². The van der Waals surface area contributed by atoms with Crippen LogP contribution in [0.2, 0.25) is 0 Å². The highest BCUT2D eigenvalue weighted by molar-refractivity contribution is 8.01. The number of thiazole rings is 1. The summed E-state index contributed by atoms with van der Waals surface area (Å²) in [5, 5.41) is 14.8. The molecule has 3 N–H and O–H groups in total. The third kappa shape index (κ3) is 4.98. The summed E-state index contributed by atoms with van der Waals surface area (Å²) in [4.78, 5) is 17.0. The number of amides is 1. The smallest absolute Gasteiger partial charge is 0.271 e. The van der Waals surface area contributed by atoms with Crippen molar-refractivity contribution in [2.24, 2.45) is 0 Å². The lowest BCUT2D eigenvalue weighted by molar-refractivity contribution is -0.119. The van der Waals surface area contributed by atoms with Crippen LogP contribution in [0.15, 0.2) is 80.2 Å². The van der Waals surface area contributed by atoms with E-state index in [1.165, 1.54) is 36.1 Å². The Morgan fingerprint density at radius 1 is 1.03 bits per heavy atom. The van der Waals surface area contributed by atoms with Gasteiger partial charge in [0.1, 0.15) is 9.96 Å². The molecular formula is C24H19N3O4S4. The molecule has 0 atom stereocenters. The van der Waals surface area contributed by atoms with Gasteiger partial charge >= 0.3 is 0 Å². The Morgan fingerprint density at radius 3 is 2.54 bits per heavy atom. The van der Waals surface area contributed by atoms with Crippen LogP contribution in [0, 0.1) is 0 Å². The molecule has 0 aliphatic rings. The van der Waals surface area contributed by atoms with Gasteiger partial charge in [0.25, 0.3) is 10.0 Å². The van der Waals surface area contributed by atoms with Gasteiger partial charge in [0.05, 0.1) is 27.3 Å². The quantitative estimate of drug-likeness (QED) is 0.225. The number of para-hydroxylation sites is 1.